The van der Waals surface area contributed by atoms with Crippen LogP contribution in [0.1, 0.15) is 27.5 Å². The quantitative estimate of drug-likeness (QED) is 0.626. The molecule has 2 aromatic heterocycles. The lowest BCUT2D eigenvalue weighted by atomic mass is 10.0. The zero-order valence-corrected chi connectivity index (χ0v) is 18.1. The van der Waals surface area contributed by atoms with E-state index in [-0.39, 0.29) is 11.7 Å². The zero-order chi connectivity index (χ0) is 21.1. The Morgan fingerprint density at radius 2 is 1.90 bits per heavy atom. The van der Waals surface area contributed by atoms with Gasteiger partial charge in [-0.15, -0.1) is 11.3 Å². The Bertz CT molecular complexity index is 1030. The molecule has 1 amide bonds. The monoisotopic (exact) mass is 424 g/mol. The predicted octanol–water partition coefficient (Wildman–Crippen LogP) is 3.78. The Morgan fingerprint density at radius 1 is 1.10 bits per heavy atom. The maximum atomic E-state index is 13.7. The van der Waals surface area contributed by atoms with Crippen LogP contribution in [0.15, 0.2) is 41.8 Å². The molecule has 3 aromatic rings. The molecule has 5 nitrogen and oxygen atoms in total. The fourth-order valence-corrected chi connectivity index (χ4v) is 4.57. The van der Waals surface area contributed by atoms with Crippen LogP contribution in [0.25, 0.3) is 0 Å². The summed E-state index contributed by atoms with van der Waals surface area (Å²) in [5.41, 5.74) is 2.83. The molecule has 0 saturated carbocycles. The van der Waals surface area contributed by atoms with Gasteiger partial charge in [-0.2, -0.15) is 0 Å². The summed E-state index contributed by atoms with van der Waals surface area (Å²) in [7, 11) is 0. The standard InChI is InChI=1S/C23H25FN4OS/c1-16-21(14-18-5-3-6-19(24)13-18)23(26-17(2)25-16)28-10-8-27(9-11-28)22(29)15-20-7-4-12-30-20/h3-7,12-13H,8-11,14-15H2,1-2H3. The van der Waals surface area contributed by atoms with Crippen molar-refractivity contribution in [1.82, 2.24) is 14.9 Å². The summed E-state index contributed by atoms with van der Waals surface area (Å²) >= 11 is 1.62. The molecular weight excluding hydrogens is 399 g/mol. The first-order chi connectivity index (χ1) is 14.5. The molecule has 0 unspecified atom stereocenters. The Kier molecular flexibility index (Phi) is 6.08. The molecule has 1 fully saturated rings. The number of thiophene rings is 1. The Hall–Kier alpha value is -2.80. The SMILES string of the molecule is Cc1nc(C)c(Cc2cccc(F)c2)c(N2CCN(C(=O)Cc3cccs3)CC2)n1. The summed E-state index contributed by atoms with van der Waals surface area (Å²) in [4.78, 5) is 27.1. The van der Waals surface area contributed by atoms with Crippen LogP contribution < -0.4 is 4.90 Å². The first-order valence-electron chi connectivity index (χ1n) is 10.1. The summed E-state index contributed by atoms with van der Waals surface area (Å²) in [6.07, 6.45) is 1.05. The van der Waals surface area contributed by atoms with Crippen molar-refractivity contribution in [2.24, 2.45) is 0 Å². The number of carbonyl (C=O) groups is 1. The fraction of sp³-hybridized carbons (Fsp3) is 0.348. The fourth-order valence-electron chi connectivity index (χ4n) is 3.88. The molecule has 4 rings (SSSR count). The van der Waals surface area contributed by atoms with E-state index in [0.717, 1.165) is 46.4 Å². The predicted molar refractivity (Wildman–Crippen MR) is 118 cm³/mol. The van der Waals surface area contributed by atoms with E-state index in [0.29, 0.717) is 25.9 Å². The summed E-state index contributed by atoms with van der Waals surface area (Å²) in [6, 6.07) is 10.6. The third-order valence-corrected chi connectivity index (χ3v) is 6.29. The minimum absolute atomic E-state index is 0.173. The van der Waals surface area contributed by atoms with Crippen LogP contribution in [-0.4, -0.2) is 47.0 Å². The molecule has 0 N–H and O–H groups in total. The molecule has 7 heteroatoms. The lowest BCUT2D eigenvalue weighted by Crippen LogP contribution is -2.49. The average molecular weight is 425 g/mol. The highest BCUT2D eigenvalue weighted by atomic mass is 32.1. The molecule has 0 atom stereocenters. The third kappa shape index (κ3) is 4.67. The number of hydrogen-bond acceptors (Lipinski definition) is 5. The van der Waals surface area contributed by atoms with Crippen molar-refractivity contribution < 1.29 is 9.18 Å². The van der Waals surface area contributed by atoms with Crippen LogP contribution in [-0.2, 0) is 17.6 Å². The molecule has 0 spiro atoms. The van der Waals surface area contributed by atoms with E-state index in [1.807, 2.05) is 42.3 Å². The number of rotatable bonds is 5. The average Bonchev–Trinajstić information content (AvgIpc) is 3.23. The molecule has 1 aromatic carbocycles. The molecular formula is C23H25FN4OS. The van der Waals surface area contributed by atoms with Gasteiger partial charge in [0, 0.05) is 48.7 Å². The molecule has 0 bridgehead atoms. The first-order valence-corrected chi connectivity index (χ1v) is 11.0. The van der Waals surface area contributed by atoms with Gasteiger partial charge in [0.05, 0.1) is 6.42 Å². The minimum atomic E-state index is -0.238. The van der Waals surface area contributed by atoms with Gasteiger partial charge in [0.25, 0.3) is 0 Å². The van der Waals surface area contributed by atoms with Crippen molar-refractivity contribution in [3.8, 4) is 0 Å². The second-order valence-electron chi connectivity index (χ2n) is 7.59. The number of halogens is 1. The number of hydrogen-bond donors (Lipinski definition) is 0. The van der Waals surface area contributed by atoms with Gasteiger partial charge in [-0.25, -0.2) is 14.4 Å². The van der Waals surface area contributed by atoms with Gasteiger partial charge in [-0.1, -0.05) is 18.2 Å². The van der Waals surface area contributed by atoms with E-state index in [1.165, 1.54) is 6.07 Å². The van der Waals surface area contributed by atoms with Crippen LogP contribution in [0.4, 0.5) is 10.2 Å². The molecule has 156 valence electrons. The smallest absolute Gasteiger partial charge is 0.227 e. The highest BCUT2D eigenvalue weighted by Crippen LogP contribution is 2.25. The molecule has 1 aliphatic heterocycles. The largest absolute Gasteiger partial charge is 0.353 e. The van der Waals surface area contributed by atoms with E-state index < -0.39 is 0 Å². The minimum Gasteiger partial charge on any atom is -0.353 e. The summed E-state index contributed by atoms with van der Waals surface area (Å²) in [5, 5.41) is 2.00. The van der Waals surface area contributed by atoms with E-state index >= 15 is 0 Å². The topological polar surface area (TPSA) is 49.3 Å². The summed E-state index contributed by atoms with van der Waals surface area (Å²) in [6.45, 7) is 6.67. The highest BCUT2D eigenvalue weighted by molar-refractivity contribution is 7.10. The normalized spacial score (nSPS) is 14.2. The number of anilines is 1. The van der Waals surface area contributed by atoms with Gasteiger partial charge in [0.15, 0.2) is 0 Å². The number of piperazine rings is 1. The summed E-state index contributed by atoms with van der Waals surface area (Å²) < 4.78 is 13.7. The zero-order valence-electron chi connectivity index (χ0n) is 17.3. The van der Waals surface area contributed by atoms with E-state index in [1.54, 1.807) is 23.5 Å². The number of amides is 1. The van der Waals surface area contributed by atoms with Crippen molar-refractivity contribution in [1.29, 1.82) is 0 Å². The molecule has 1 saturated heterocycles. The lowest BCUT2D eigenvalue weighted by molar-refractivity contribution is -0.130. The first kappa shape index (κ1) is 20.5. The van der Waals surface area contributed by atoms with Crippen molar-refractivity contribution in [3.63, 3.8) is 0 Å². The molecule has 1 aliphatic rings. The molecule has 0 aliphatic carbocycles. The maximum Gasteiger partial charge on any atom is 0.227 e. The van der Waals surface area contributed by atoms with Gasteiger partial charge in [-0.3, -0.25) is 4.79 Å². The number of aryl methyl sites for hydroxylation is 2. The van der Waals surface area contributed by atoms with Crippen LogP contribution in [0.5, 0.6) is 0 Å². The van der Waals surface area contributed by atoms with Crippen LogP contribution in [0.3, 0.4) is 0 Å². The lowest BCUT2D eigenvalue weighted by Gasteiger charge is -2.36. The summed E-state index contributed by atoms with van der Waals surface area (Å²) in [5.74, 6) is 1.56. The van der Waals surface area contributed by atoms with Crippen LogP contribution >= 0.6 is 11.3 Å². The number of benzene rings is 1. The van der Waals surface area contributed by atoms with Crippen LogP contribution in [0.2, 0.25) is 0 Å². The van der Waals surface area contributed by atoms with Gasteiger partial charge >= 0.3 is 0 Å². The molecule has 30 heavy (non-hydrogen) atoms. The van der Waals surface area contributed by atoms with Crippen molar-refractivity contribution in [2.75, 3.05) is 31.1 Å². The van der Waals surface area contributed by atoms with Gasteiger partial charge in [0.2, 0.25) is 5.91 Å². The molecule has 0 radical (unpaired) electrons. The highest BCUT2D eigenvalue weighted by Gasteiger charge is 2.25. The number of nitrogens with zero attached hydrogens (tertiary/aromatic N) is 4. The van der Waals surface area contributed by atoms with E-state index in [9.17, 15) is 9.18 Å². The Balaban J connectivity index is 1.49. The van der Waals surface area contributed by atoms with Crippen molar-refractivity contribution >= 4 is 23.1 Å². The number of aromatic nitrogens is 2. The Morgan fingerprint density at radius 3 is 2.60 bits per heavy atom. The van der Waals surface area contributed by atoms with E-state index in [2.05, 4.69) is 9.88 Å². The Labute approximate surface area is 180 Å². The molecule has 3 heterocycles. The van der Waals surface area contributed by atoms with E-state index in [4.69, 9.17) is 4.98 Å². The van der Waals surface area contributed by atoms with Crippen molar-refractivity contribution in [3.05, 3.63) is 75.1 Å². The second kappa shape index (κ2) is 8.92. The maximum absolute atomic E-state index is 13.7. The van der Waals surface area contributed by atoms with Gasteiger partial charge in [0.1, 0.15) is 17.5 Å². The van der Waals surface area contributed by atoms with Crippen LogP contribution in [0, 0.1) is 19.7 Å². The van der Waals surface area contributed by atoms with Gasteiger partial charge < -0.3 is 9.80 Å². The third-order valence-electron chi connectivity index (χ3n) is 5.41. The number of carbonyl (C=O) groups excluding carboxylic acids is 1. The second-order valence-corrected chi connectivity index (χ2v) is 8.62. The van der Waals surface area contributed by atoms with Gasteiger partial charge in [-0.05, 0) is 43.0 Å². The van der Waals surface area contributed by atoms with Crippen molar-refractivity contribution in [2.45, 2.75) is 26.7 Å².